The van der Waals surface area contributed by atoms with Crippen molar-refractivity contribution in [1.29, 1.82) is 0 Å². The van der Waals surface area contributed by atoms with Crippen molar-refractivity contribution in [1.82, 2.24) is 4.90 Å². The Labute approximate surface area is 130 Å². The fourth-order valence-electron chi connectivity index (χ4n) is 1.88. The Balaban J connectivity index is 2.54. The van der Waals surface area contributed by atoms with E-state index in [0.717, 1.165) is 12.8 Å². The van der Waals surface area contributed by atoms with Crippen LogP contribution < -0.4 is 10.6 Å². The second-order valence-corrected chi connectivity index (χ2v) is 5.16. The van der Waals surface area contributed by atoms with Crippen molar-refractivity contribution in [2.24, 2.45) is 0 Å². The Bertz CT molecular complexity index is 543. The lowest BCUT2D eigenvalue weighted by Crippen LogP contribution is -2.31. The van der Waals surface area contributed by atoms with Crippen LogP contribution in [0.1, 0.15) is 33.1 Å². The minimum Gasteiger partial charge on any atom is -0.345 e. The van der Waals surface area contributed by atoms with Crippen molar-refractivity contribution >= 4 is 29.1 Å². The number of unbranched alkanes of at least 4 members (excludes halogenated alkanes) is 1. The first-order valence-electron chi connectivity index (χ1n) is 7.34. The van der Waals surface area contributed by atoms with E-state index in [1.54, 1.807) is 36.2 Å². The Kier molecular flexibility index (Phi) is 7.08. The van der Waals surface area contributed by atoms with Gasteiger partial charge in [-0.2, -0.15) is 0 Å². The molecule has 0 aliphatic heterocycles. The van der Waals surface area contributed by atoms with Gasteiger partial charge in [-0.15, -0.1) is 0 Å². The van der Waals surface area contributed by atoms with Gasteiger partial charge in [-0.1, -0.05) is 19.4 Å². The molecule has 0 spiro atoms. The fourth-order valence-corrected chi connectivity index (χ4v) is 1.88. The van der Waals surface area contributed by atoms with Crippen LogP contribution >= 0.6 is 0 Å². The van der Waals surface area contributed by atoms with Crippen LogP contribution in [-0.2, 0) is 14.4 Å². The molecule has 0 heterocycles. The minimum atomic E-state index is -0.367. The summed E-state index contributed by atoms with van der Waals surface area (Å²) < 4.78 is 0. The van der Waals surface area contributed by atoms with Gasteiger partial charge in [0, 0.05) is 31.9 Å². The van der Waals surface area contributed by atoms with Gasteiger partial charge in [0.2, 0.25) is 17.7 Å². The lowest BCUT2D eigenvalue weighted by Gasteiger charge is -2.16. The molecule has 0 aromatic heterocycles. The van der Waals surface area contributed by atoms with Gasteiger partial charge in [-0.05, 0) is 24.6 Å². The molecule has 0 bridgehead atoms. The summed E-state index contributed by atoms with van der Waals surface area (Å²) in [6.45, 7) is 4.11. The van der Waals surface area contributed by atoms with Crippen LogP contribution in [0.5, 0.6) is 0 Å². The van der Waals surface area contributed by atoms with Crippen molar-refractivity contribution < 1.29 is 14.4 Å². The molecule has 120 valence electrons. The maximum Gasteiger partial charge on any atom is 0.233 e. The van der Waals surface area contributed by atoms with Gasteiger partial charge in [0.25, 0.3) is 0 Å². The predicted molar refractivity (Wildman–Crippen MR) is 86.5 cm³/mol. The maximum atomic E-state index is 11.9. The Morgan fingerprint density at radius 2 is 1.77 bits per heavy atom. The first kappa shape index (κ1) is 17.7. The second kappa shape index (κ2) is 8.81. The highest BCUT2D eigenvalue weighted by Crippen LogP contribution is 2.15. The van der Waals surface area contributed by atoms with Crippen LogP contribution in [0, 0.1) is 0 Å². The smallest absolute Gasteiger partial charge is 0.233 e. The molecule has 6 heteroatoms. The zero-order chi connectivity index (χ0) is 16.5. The van der Waals surface area contributed by atoms with Crippen LogP contribution in [0.15, 0.2) is 24.3 Å². The van der Waals surface area contributed by atoms with Crippen molar-refractivity contribution in [3.05, 3.63) is 24.3 Å². The Hall–Kier alpha value is -2.37. The Morgan fingerprint density at radius 3 is 2.36 bits per heavy atom. The molecule has 0 saturated carbocycles. The maximum absolute atomic E-state index is 11.9. The summed E-state index contributed by atoms with van der Waals surface area (Å²) in [7, 11) is 1.70. The van der Waals surface area contributed by atoms with Gasteiger partial charge >= 0.3 is 0 Å². The zero-order valence-electron chi connectivity index (χ0n) is 13.3. The summed E-state index contributed by atoms with van der Waals surface area (Å²) in [6, 6.07) is 6.79. The first-order valence-corrected chi connectivity index (χ1v) is 7.34. The standard InChI is InChI=1S/C16H23N3O3/c1-4-5-9-19(3)16(22)11-15(21)18-14-8-6-7-13(10-14)17-12(2)20/h6-8,10H,4-5,9,11H2,1-3H3,(H,17,20)(H,18,21). The summed E-state index contributed by atoms with van der Waals surface area (Å²) in [5, 5.41) is 5.29. The average Bonchev–Trinajstić information content (AvgIpc) is 2.44. The van der Waals surface area contributed by atoms with E-state index in [1.807, 2.05) is 6.92 Å². The van der Waals surface area contributed by atoms with Crippen LogP contribution in [0.4, 0.5) is 11.4 Å². The monoisotopic (exact) mass is 305 g/mol. The number of carbonyl (C=O) groups excluding carboxylic acids is 3. The van der Waals surface area contributed by atoms with Crippen LogP contribution in [0.25, 0.3) is 0 Å². The van der Waals surface area contributed by atoms with Gasteiger partial charge in [-0.25, -0.2) is 0 Å². The number of hydrogen-bond donors (Lipinski definition) is 2. The minimum absolute atomic E-state index is 0.184. The van der Waals surface area contributed by atoms with Crippen LogP contribution in [0.2, 0.25) is 0 Å². The molecule has 1 aromatic rings. The molecule has 0 radical (unpaired) electrons. The molecule has 2 N–H and O–H groups in total. The van der Waals surface area contributed by atoms with Crippen LogP contribution in [-0.4, -0.2) is 36.2 Å². The topological polar surface area (TPSA) is 78.5 Å². The summed E-state index contributed by atoms with van der Waals surface area (Å²) in [5.74, 6) is -0.756. The average molecular weight is 305 g/mol. The molecule has 0 atom stereocenters. The number of hydrogen-bond acceptors (Lipinski definition) is 3. The van der Waals surface area contributed by atoms with Gasteiger partial charge in [0.05, 0.1) is 0 Å². The molecule has 0 unspecified atom stereocenters. The summed E-state index contributed by atoms with van der Waals surface area (Å²) >= 11 is 0. The molecule has 6 nitrogen and oxygen atoms in total. The van der Waals surface area contributed by atoms with Crippen molar-refractivity contribution in [3.8, 4) is 0 Å². The van der Waals surface area contributed by atoms with E-state index >= 15 is 0 Å². The van der Waals surface area contributed by atoms with Gasteiger partial charge in [0.15, 0.2) is 0 Å². The molecule has 3 amide bonds. The second-order valence-electron chi connectivity index (χ2n) is 5.16. The van der Waals surface area contributed by atoms with E-state index < -0.39 is 0 Å². The summed E-state index contributed by atoms with van der Waals surface area (Å²) in [5.41, 5.74) is 1.14. The quantitative estimate of drug-likeness (QED) is 0.758. The molecule has 1 rings (SSSR count). The highest BCUT2D eigenvalue weighted by Gasteiger charge is 2.13. The van der Waals surface area contributed by atoms with Crippen molar-refractivity contribution in [3.63, 3.8) is 0 Å². The van der Waals surface area contributed by atoms with Gasteiger partial charge in [-0.3, -0.25) is 14.4 Å². The van der Waals surface area contributed by atoms with E-state index in [9.17, 15) is 14.4 Å². The number of nitrogens with zero attached hydrogens (tertiary/aromatic N) is 1. The van der Waals surface area contributed by atoms with E-state index in [-0.39, 0.29) is 24.1 Å². The van der Waals surface area contributed by atoms with Gasteiger partial charge in [0.1, 0.15) is 6.42 Å². The molecular formula is C16H23N3O3. The summed E-state index contributed by atoms with van der Waals surface area (Å²) in [4.78, 5) is 36.3. The third kappa shape index (κ3) is 6.39. The van der Waals surface area contributed by atoms with Crippen molar-refractivity contribution in [2.45, 2.75) is 33.1 Å². The van der Waals surface area contributed by atoms with Crippen molar-refractivity contribution in [2.75, 3.05) is 24.2 Å². The highest BCUT2D eigenvalue weighted by atomic mass is 16.2. The first-order chi connectivity index (χ1) is 10.4. The number of amides is 3. The fraction of sp³-hybridized carbons (Fsp3) is 0.438. The lowest BCUT2D eigenvalue weighted by molar-refractivity contribution is -0.133. The number of rotatable bonds is 7. The normalized spacial score (nSPS) is 9.95. The molecule has 0 aliphatic rings. The SMILES string of the molecule is CCCCN(C)C(=O)CC(=O)Nc1cccc(NC(C)=O)c1. The summed E-state index contributed by atoms with van der Waals surface area (Å²) in [6.07, 6.45) is 1.73. The molecule has 22 heavy (non-hydrogen) atoms. The van der Waals surface area contributed by atoms with E-state index in [4.69, 9.17) is 0 Å². The molecule has 0 aliphatic carbocycles. The number of nitrogens with one attached hydrogen (secondary N) is 2. The molecule has 0 fully saturated rings. The predicted octanol–water partition coefficient (Wildman–Crippen LogP) is 2.23. The third-order valence-corrected chi connectivity index (χ3v) is 3.05. The largest absolute Gasteiger partial charge is 0.345 e. The van der Waals surface area contributed by atoms with Crippen LogP contribution in [0.3, 0.4) is 0 Å². The zero-order valence-corrected chi connectivity index (χ0v) is 13.3. The van der Waals surface area contributed by atoms with E-state index in [1.165, 1.54) is 6.92 Å². The van der Waals surface area contributed by atoms with E-state index in [0.29, 0.717) is 17.9 Å². The lowest BCUT2D eigenvalue weighted by atomic mass is 10.2. The molecule has 1 aromatic carbocycles. The number of benzene rings is 1. The van der Waals surface area contributed by atoms with E-state index in [2.05, 4.69) is 10.6 Å². The van der Waals surface area contributed by atoms with Gasteiger partial charge < -0.3 is 15.5 Å². The number of anilines is 2. The Morgan fingerprint density at radius 1 is 1.14 bits per heavy atom. The molecular weight excluding hydrogens is 282 g/mol. The molecule has 0 saturated heterocycles. The highest BCUT2D eigenvalue weighted by molar-refractivity contribution is 6.03. The third-order valence-electron chi connectivity index (χ3n) is 3.05. The number of carbonyl (C=O) groups is 3.